The molecule has 0 bridgehead atoms. The summed E-state index contributed by atoms with van der Waals surface area (Å²) in [6.45, 7) is 8.78. The number of aromatic nitrogens is 2. The molecular formula is C15H23ClN4O2. The number of nitrogens with zero attached hydrogens (tertiary/aromatic N) is 3. The highest BCUT2D eigenvalue weighted by atomic mass is 35.5. The van der Waals surface area contributed by atoms with Gasteiger partial charge in [0.25, 0.3) is 0 Å². The Hall–Kier alpha value is -1.56. The van der Waals surface area contributed by atoms with E-state index in [0.29, 0.717) is 17.6 Å². The highest BCUT2D eigenvalue weighted by molar-refractivity contribution is 6.29. The van der Waals surface area contributed by atoms with E-state index in [2.05, 4.69) is 15.3 Å². The van der Waals surface area contributed by atoms with Gasteiger partial charge in [-0.05, 0) is 46.6 Å². The van der Waals surface area contributed by atoms with Crippen LogP contribution in [-0.4, -0.2) is 45.7 Å². The van der Waals surface area contributed by atoms with E-state index in [1.807, 2.05) is 27.7 Å². The lowest BCUT2D eigenvalue weighted by atomic mass is 10.2. The summed E-state index contributed by atoms with van der Waals surface area (Å²) in [4.78, 5) is 22.4. The number of hydrogen-bond acceptors (Lipinski definition) is 5. The van der Waals surface area contributed by atoms with E-state index < -0.39 is 5.60 Å². The Morgan fingerprint density at radius 1 is 1.50 bits per heavy atom. The van der Waals surface area contributed by atoms with E-state index in [1.165, 1.54) is 0 Å². The second-order valence-electron chi connectivity index (χ2n) is 6.51. The Bertz CT molecular complexity index is 525. The number of anilines is 1. The van der Waals surface area contributed by atoms with Crippen molar-refractivity contribution in [1.29, 1.82) is 0 Å². The number of carbonyl (C=O) groups is 1. The molecule has 1 N–H and O–H groups in total. The van der Waals surface area contributed by atoms with E-state index >= 15 is 0 Å². The van der Waals surface area contributed by atoms with Gasteiger partial charge in [0.2, 0.25) is 5.95 Å². The molecular weight excluding hydrogens is 304 g/mol. The average molecular weight is 327 g/mol. The van der Waals surface area contributed by atoms with E-state index in [9.17, 15) is 4.79 Å². The van der Waals surface area contributed by atoms with Crippen LogP contribution in [0.2, 0.25) is 5.15 Å². The molecule has 2 rings (SSSR count). The first-order valence-corrected chi connectivity index (χ1v) is 7.87. The third-order valence-corrected chi connectivity index (χ3v) is 3.52. The van der Waals surface area contributed by atoms with Gasteiger partial charge in [-0.15, -0.1) is 0 Å². The topological polar surface area (TPSA) is 67.4 Å². The molecule has 0 saturated carbocycles. The lowest BCUT2D eigenvalue weighted by Gasteiger charge is -2.28. The minimum absolute atomic E-state index is 0.0812. The molecule has 2 heterocycles. The van der Waals surface area contributed by atoms with Gasteiger partial charge >= 0.3 is 6.09 Å². The fourth-order valence-electron chi connectivity index (χ4n) is 2.43. The maximum atomic E-state index is 12.2. The Kier molecular flexibility index (Phi) is 5.11. The van der Waals surface area contributed by atoms with Crippen LogP contribution < -0.4 is 5.32 Å². The number of rotatable bonds is 3. The summed E-state index contributed by atoms with van der Waals surface area (Å²) < 4.78 is 5.45. The van der Waals surface area contributed by atoms with Gasteiger partial charge in [0.05, 0.1) is 6.04 Å². The summed E-state index contributed by atoms with van der Waals surface area (Å²) in [5, 5.41) is 3.57. The molecule has 7 heteroatoms. The number of aryl methyl sites for hydroxylation is 1. The Labute approximate surface area is 136 Å². The molecule has 1 aliphatic rings. The van der Waals surface area contributed by atoms with E-state index in [-0.39, 0.29) is 12.1 Å². The van der Waals surface area contributed by atoms with Crippen molar-refractivity contribution in [3.05, 3.63) is 16.9 Å². The van der Waals surface area contributed by atoms with Crippen molar-refractivity contribution in [2.24, 2.45) is 0 Å². The molecule has 0 unspecified atom stereocenters. The molecule has 122 valence electrons. The third-order valence-electron chi connectivity index (χ3n) is 3.32. The van der Waals surface area contributed by atoms with Crippen LogP contribution in [0.4, 0.5) is 10.7 Å². The van der Waals surface area contributed by atoms with Crippen molar-refractivity contribution in [2.45, 2.75) is 52.2 Å². The van der Waals surface area contributed by atoms with Crippen molar-refractivity contribution < 1.29 is 9.53 Å². The number of ether oxygens (including phenoxy) is 1. The van der Waals surface area contributed by atoms with Crippen LogP contribution in [0.15, 0.2) is 6.07 Å². The number of carbonyl (C=O) groups excluding carboxylic acids is 1. The molecule has 1 atom stereocenters. The zero-order chi connectivity index (χ0) is 16.3. The van der Waals surface area contributed by atoms with Gasteiger partial charge in [-0.3, -0.25) is 0 Å². The number of nitrogens with one attached hydrogen (secondary N) is 1. The first kappa shape index (κ1) is 16.8. The highest BCUT2D eigenvalue weighted by Crippen LogP contribution is 2.21. The molecule has 1 aromatic rings. The number of likely N-dealkylation sites (tertiary alicyclic amines) is 1. The first-order chi connectivity index (χ1) is 10.2. The van der Waals surface area contributed by atoms with Crippen molar-refractivity contribution in [3.63, 3.8) is 0 Å². The Morgan fingerprint density at radius 2 is 2.23 bits per heavy atom. The first-order valence-electron chi connectivity index (χ1n) is 7.49. The van der Waals surface area contributed by atoms with Gasteiger partial charge in [-0.1, -0.05) is 11.6 Å². The molecule has 22 heavy (non-hydrogen) atoms. The van der Waals surface area contributed by atoms with Crippen LogP contribution in [0, 0.1) is 6.92 Å². The second kappa shape index (κ2) is 6.69. The maximum Gasteiger partial charge on any atom is 0.410 e. The van der Waals surface area contributed by atoms with Gasteiger partial charge in [0.1, 0.15) is 10.8 Å². The van der Waals surface area contributed by atoms with Crippen LogP contribution in [-0.2, 0) is 4.74 Å². The van der Waals surface area contributed by atoms with Gasteiger partial charge in [-0.25, -0.2) is 14.8 Å². The van der Waals surface area contributed by atoms with Crippen LogP contribution in [0.1, 0.15) is 39.3 Å². The molecule has 0 spiro atoms. The largest absolute Gasteiger partial charge is 0.444 e. The van der Waals surface area contributed by atoms with E-state index in [4.69, 9.17) is 16.3 Å². The standard InChI is InChI=1S/C15H23ClN4O2/c1-10-8-12(16)19-13(18-10)17-9-11-6-5-7-20(11)14(21)22-15(2,3)4/h8,11H,5-7,9H2,1-4H3,(H,17,18,19)/t11-/m0/s1. The van der Waals surface area contributed by atoms with Crippen LogP contribution in [0.3, 0.4) is 0 Å². The monoisotopic (exact) mass is 326 g/mol. The predicted molar refractivity (Wildman–Crippen MR) is 86.2 cm³/mol. The van der Waals surface area contributed by atoms with Crippen LogP contribution >= 0.6 is 11.6 Å². The minimum Gasteiger partial charge on any atom is -0.444 e. The SMILES string of the molecule is Cc1cc(Cl)nc(NC[C@@H]2CCCN2C(=O)OC(C)(C)C)n1. The maximum absolute atomic E-state index is 12.2. The molecule has 1 aliphatic heterocycles. The molecule has 6 nitrogen and oxygen atoms in total. The smallest absolute Gasteiger partial charge is 0.410 e. The summed E-state index contributed by atoms with van der Waals surface area (Å²) in [7, 11) is 0. The summed E-state index contributed by atoms with van der Waals surface area (Å²) in [5.74, 6) is 0.487. The van der Waals surface area contributed by atoms with Crippen LogP contribution in [0.5, 0.6) is 0 Å². The van der Waals surface area contributed by atoms with Crippen LogP contribution in [0.25, 0.3) is 0 Å². The van der Waals surface area contributed by atoms with E-state index in [0.717, 1.165) is 25.1 Å². The Balaban J connectivity index is 1.95. The molecule has 0 aromatic carbocycles. The van der Waals surface area contributed by atoms with Crippen molar-refractivity contribution >= 4 is 23.6 Å². The third kappa shape index (κ3) is 4.73. The quantitative estimate of drug-likeness (QED) is 0.864. The second-order valence-corrected chi connectivity index (χ2v) is 6.89. The number of hydrogen-bond donors (Lipinski definition) is 1. The molecule has 0 radical (unpaired) electrons. The number of amides is 1. The average Bonchev–Trinajstić information content (AvgIpc) is 2.81. The normalized spacial score (nSPS) is 18.4. The molecule has 1 aromatic heterocycles. The summed E-state index contributed by atoms with van der Waals surface area (Å²) in [6, 6.07) is 1.78. The minimum atomic E-state index is -0.481. The van der Waals surface area contributed by atoms with E-state index in [1.54, 1.807) is 11.0 Å². The fraction of sp³-hybridized carbons (Fsp3) is 0.667. The van der Waals surface area contributed by atoms with Gasteiger partial charge in [0, 0.05) is 18.8 Å². The molecule has 0 aliphatic carbocycles. The highest BCUT2D eigenvalue weighted by Gasteiger charge is 2.32. The van der Waals surface area contributed by atoms with Gasteiger partial charge in [0.15, 0.2) is 0 Å². The predicted octanol–water partition coefficient (Wildman–Crippen LogP) is 3.25. The van der Waals surface area contributed by atoms with Gasteiger partial charge < -0.3 is 15.0 Å². The Morgan fingerprint density at radius 3 is 2.86 bits per heavy atom. The molecule has 1 saturated heterocycles. The molecule has 1 fully saturated rings. The summed E-state index contributed by atoms with van der Waals surface area (Å²) >= 11 is 5.92. The lowest BCUT2D eigenvalue weighted by Crippen LogP contribution is -2.42. The van der Waals surface area contributed by atoms with Gasteiger partial charge in [-0.2, -0.15) is 0 Å². The zero-order valence-electron chi connectivity index (χ0n) is 13.5. The molecule has 1 amide bonds. The van der Waals surface area contributed by atoms with Crippen molar-refractivity contribution in [2.75, 3.05) is 18.4 Å². The van der Waals surface area contributed by atoms with Crippen molar-refractivity contribution in [3.8, 4) is 0 Å². The van der Waals surface area contributed by atoms with Crippen molar-refractivity contribution in [1.82, 2.24) is 14.9 Å². The fourth-order valence-corrected chi connectivity index (χ4v) is 2.67. The lowest BCUT2D eigenvalue weighted by molar-refractivity contribution is 0.0235. The zero-order valence-corrected chi connectivity index (χ0v) is 14.3. The summed E-state index contributed by atoms with van der Waals surface area (Å²) in [5.41, 5.74) is 0.322. The summed E-state index contributed by atoms with van der Waals surface area (Å²) in [6.07, 6.45) is 1.65. The number of halogens is 1.